The Kier molecular flexibility index (Phi) is 9.21. The summed E-state index contributed by atoms with van der Waals surface area (Å²) in [7, 11) is 1.56. The maximum atomic E-state index is 11.9. The summed E-state index contributed by atoms with van der Waals surface area (Å²) < 4.78 is 10.4. The predicted octanol–water partition coefficient (Wildman–Crippen LogP) is 4.16. The lowest BCUT2D eigenvalue weighted by molar-refractivity contribution is 0.0524. The molecule has 0 saturated carbocycles. The number of unbranched alkanes of at least 4 members (excludes halogenated alkanes) is 1. The fourth-order valence-electron chi connectivity index (χ4n) is 2.29. The number of carbonyl (C=O) groups excluding carboxylic acids is 1. The predicted molar refractivity (Wildman–Crippen MR) is 111 cm³/mol. The molecule has 0 bridgehead atoms. The van der Waals surface area contributed by atoms with E-state index in [1.165, 1.54) is 0 Å². The topological polar surface area (TPSA) is 98.0 Å². The highest BCUT2D eigenvalue weighted by molar-refractivity contribution is 6.32. The Morgan fingerprint density at radius 1 is 1.37 bits per heavy atom. The molecule has 0 aliphatic heterocycles. The number of methoxy groups -OCH3 is 1. The number of rotatable bonds is 8. The molecule has 0 radical (unpaired) electrons. The number of carbonyl (C=O) groups is 1. The summed E-state index contributed by atoms with van der Waals surface area (Å²) in [6.07, 6.45) is 2.34. The van der Waals surface area contributed by atoms with Gasteiger partial charge in [0.25, 0.3) is 0 Å². The van der Waals surface area contributed by atoms with E-state index in [-0.39, 0.29) is 12.0 Å². The van der Waals surface area contributed by atoms with Crippen molar-refractivity contribution >= 4 is 29.3 Å². The summed E-state index contributed by atoms with van der Waals surface area (Å²) in [5.74, 6) is 0.837. The van der Waals surface area contributed by atoms with Crippen molar-refractivity contribution in [3.05, 3.63) is 23.2 Å². The van der Waals surface area contributed by atoms with Crippen molar-refractivity contribution in [2.24, 2.45) is 10.7 Å². The number of ether oxygens (including phenoxy) is 2. The van der Waals surface area contributed by atoms with Crippen LogP contribution >= 0.6 is 11.6 Å². The van der Waals surface area contributed by atoms with E-state index in [0.717, 1.165) is 19.3 Å². The van der Waals surface area contributed by atoms with Crippen molar-refractivity contribution in [1.29, 1.82) is 0 Å². The Morgan fingerprint density at radius 2 is 2.07 bits per heavy atom. The largest absolute Gasteiger partial charge is 0.495 e. The molecule has 1 rings (SSSR count). The van der Waals surface area contributed by atoms with Gasteiger partial charge in [-0.1, -0.05) is 31.4 Å². The van der Waals surface area contributed by atoms with Crippen molar-refractivity contribution in [2.75, 3.05) is 19.0 Å². The molecule has 1 amide bonds. The number of benzene rings is 1. The summed E-state index contributed by atoms with van der Waals surface area (Å²) in [5.41, 5.74) is 6.19. The Bertz CT molecular complexity index is 644. The minimum absolute atomic E-state index is 0.154. The molecule has 152 valence electrons. The zero-order valence-corrected chi connectivity index (χ0v) is 17.5. The van der Waals surface area contributed by atoms with Gasteiger partial charge in [0.15, 0.2) is 5.96 Å². The first-order valence-corrected chi connectivity index (χ1v) is 9.43. The third-order valence-electron chi connectivity index (χ3n) is 3.52. The lowest BCUT2D eigenvalue weighted by Gasteiger charge is -2.21. The highest BCUT2D eigenvalue weighted by Crippen LogP contribution is 2.27. The molecule has 0 aromatic heterocycles. The number of nitrogens with one attached hydrogen (secondary N) is 2. The number of nitrogens with zero attached hydrogens (tertiary/aromatic N) is 1. The molecule has 0 aliphatic rings. The number of hydrogen-bond donors (Lipinski definition) is 3. The van der Waals surface area contributed by atoms with Gasteiger partial charge in [0.1, 0.15) is 11.4 Å². The molecule has 1 aromatic rings. The van der Waals surface area contributed by atoms with Crippen LogP contribution in [0.5, 0.6) is 5.75 Å². The van der Waals surface area contributed by atoms with Crippen LogP contribution in [0.1, 0.15) is 47.0 Å². The molecule has 0 fully saturated rings. The second-order valence-electron chi connectivity index (χ2n) is 7.17. The molecule has 27 heavy (non-hydrogen) atoms. The summed E-state index contributed by atoms with van der Waals surface area (Å²) in [4.78, 5) is 16.3. The van der Waals surface area contributed by atoms with Gasteiger partial charge in [0.2, 0.25) is 0 Å². The van der Waals surface area contributed by atoms with Gasteiger partial charge in [-0.2, -0.15) is 0 Å². The van der Waals surface area contributed by atoms with E-state index in [1.54, 1.807) is 25.3 Å². The van der Waals surface area contributed by atoms with Gasteiger partial charge >= 0.3 is 6.09 Å². The molecular weight excluding hydrogens is 368 g/mol. The molecule has 0 spiro atoms. The van der Waals surface area contributed by atoms with Gasteiger partial charge in [0, 0.05) is 12.2 Å². The van der Waals surface area contributed by atoms with Crippen LogP contribution in [0.15, 0.2) is 23.2 Å². The van der Waals surface area contributed by atoms with E-state index in [2.05, 4.69) is 22.5 Å². The monoisotopic (exact) mass is 398 g/mol. The normalized spacial score (nSPS) is 13.0. The van der Waals surface area contributed by atoms with Crippen molar-refractivity contribution in [2.45, 2.75) is 58.6 Å². The Hall–Kier alpha value is -2.15. The maximum Gasteiger partial charge on any atom is 0.407 e. The number of hydrogen-bond acceptors (Lipinski definition) is 4. The molecule has 1 atom stereocenters. The van der Waals surface area contributed by atoms with Crippen molar-refractivity contribution in [3.8, 4) is 5.75 Å². The molecular formula is C19H31ClN4O3. The van der Waals surface area contributed by atoms with Crippen LogP contribution in [-0.4, -0.2) is 37.4 Å². The SMILES string of the molecule is CCCCC(CNC(=O)OC(C)(C)C)N=C(N)Nc1ccc(OC)c(Cl)c1. The Balaban J connectivity index is 2.72. The molecule has 1 unspecified atom stereocenters. The minimum Gasteiger partial charge on any atom is -0.495 e. The third-order valence-corrected chi connectivity index (χ3v) is 3.81. The number of anilines is 1. The van der Waals surface area contributed by atoms with Crippen molar-refractivity contribution in [1.82, 2.24) is 5.32 Å². The van der Waals surface area contributed by atoms with Crippen LogP contribution in [0, 0.1) is 0 Å². The summed E-state index contributed by atoms with van der Waals surface area (Å²) in [5, 5.41) is 6.24. The number of amides is 1. The fourth-order valence-corrected chi connectivity index (χ4v) is 2.55. The average Bonchev–Trinajstić information content (AvgIpc) is 2.56. The van der Waals surface area contributed by atoms with E-state index < -0.39 is 11.7 Å². The van der Waals surface area contributed by atoms with Gasteiger partial charge in [-0.15, -0.1) is 0 Å². The van der Waals surface area contributed by atoms with Crippen molar-refractivity contribution in [3.63, 3.8) is 0 Å². The minimum atomic E-state index is -0.541. The average molecular weight is 399 g/mol. The van der Waals surface area contributed by atoms with E-state index in [9.17, 15) is 4.79 Å². The third kappa shape index (κ3) is 9.38. The van der Waals surface area contributed by atoms with Gasteiger partial charge in [-0.25, -0.2) is 9.79 Å². The van der Waals surface area contributed by atoms with Crippen LogP contribution in [0.25, 0.3) is 0 Å². The summed E-state index contributed by atoms with van der Waals surface area (Å²) in [6.45, 7) is 7.91. The quantitative estimate of drug-likeness (QED) is 0.451. The van der Waals surface area contributed by atoms with E-state index in [4.69, 9.17) is 26.8 Å². The second-order valence-corrected chi connectivity index (χ2v) is 7.57. The van der Waals surface area contributed by atoms with Gasteiger partial charge in [-0.05, 0) is 45.4 Å². The van der Waals surface area contributed by atoms with Gasteiger partial charge in [0.05, 0.1) is 18.2 Å². The van der Waals surface area contributed by atoms with E-state index >= 15 is 0 Å². The first-order valence-electron chi connectivity index (χ1n) is 9.05. The lowest BCUT2D eigenvalue weighted by Crippen LogP contribution is -2.37. The zero-order valence-electron chi connectivity index (χ0n) is 16.8. The number of guanidine groups is 1. The van der Waals surface area contributed by atoms with Crippen LogP contribution in [0.2, 0.25) is 5.02 Å². The number of halogens is 1. The Morgan fingerprint density at radius 3 is 2.63 bits per heavy atom. The van der Waals surface area contributed by atoms with Gasteiger partial charge < -0.3 is 25.8 Å². The molecule has 4 N–H and O–H groups in total. The highest BCUT2D eigenvalue weighted by atomic mass is 35.5. The molecule has 8 heteroatoms. The van der Waals surface area contributed by atoms with Crippen LogP contribution in [0.3, 0.4) is 0 Å². The molecule has 1 aromatic carbocycles. The van der Waals surface area contributed by atoms with Crippen LogP contribution in [-0.2, 0) is 4.74 Å². The summed E-state index contributed by atoms with van der Waals surface area (Å²) >= 11 is 6.12. The van der Waals surface area contributed by atoms with E-state index in [0.29, 0.717) is 23.0 Å². The van der Waals surface area contributed by atoms with Crippen LogP contribution < -0.4 is 21.1 Å². The fraction of sp³-hybridized carbons (Fsp3) is 0.579. The standard InChI is InChI=1S/C19H31ClN4O3/c1-6-7-8-14(12-22-18(25)27-19(2,3)4)24-17(21)23-13-9-10-16(26-5)15(20)11-13/h9-11,14H,6-8,12H2,1-5H3,(H,22,25)(H3,21,23,24). The van der Waals surface area contributed by atoms with Gasteiger partial charge in [-0.3, -0.25) is 0 Å². The molecule has 0 saturated heterocycles. The first-order chi connectivity index (χ1) is 12.6. The van der Waals surface area contributed by atoms with Crippen molar-refractivity contribution < 1.29 is 14.3 Å². The van der Waals surface area contributed by atoms with E-state index in [1.807, 2.05) is 20.8 Å². The first kappa shape index (κ1) is 22.9. The highest BCUT2D eigenvalue weighted by Gasteiger charge is 2.17. The second kappa shape index (κ2) is 10.9. The zero-order chi connectivity index (χ0) is 20.4. The smallest absolute Gasteiger partial charge is 0.407 e. The summed E-state index contributed by atoms with van der Waals surface area (Å²) in [6, 6.07) is 5.10. The number of alkyl carbamates (subject to hydrolysis) is 1. The molecule has 7 nitrogen and oxygen atoms in total. The maximum absolute atomic E-state index is 11.9. The molecule has 0 aliphatic carbocycles. The molecule has 0 heterocycles. The van der Waals surface area contributed by atoms with Crippen LogP contribution in [0.4, 0.5) is 10.5 Å². The Labute approximate surface area is 166 Å². The lowest BCUT2D eigenvalue weighted by atomic mass is 10.1. The number of aliphatic imine (C=N–C) groups is 1. The number of nitrogens with two attached hydrogens (primary N) is 1.